The van der Waals surface area contributed by atoms with Gasteiger partial charge >= 0.3 is 5.97 Å². The number of ether oxygens (including phenoxy) is 1. The van der Waals surface area contributed by atoms with Gasteiger partial charge in [0.2, 0.25) is 0 Å². The van der Waals surface area contributed by atoms with Crippen LogP contribution in [0.2, 0.25) is 0 Å². The number of hydrogen-bond donors (Lipinski definition) is 2. The van der Waals surface area contributed by atoms with Crippen LogP contribution in [-0.2, 0) is 17.6 Å². The van der Waals surface area contributed by atoms with Crippen molar-refractivity contribution in [1.29, 1.82) is 0 Å². The summed E-state index contributed by atoms with van der Waals surface area (Å²) >= 11 is 2.59. The molecule has 5 rings (SSSR count). The lowest BCUT2D eigenvalue weighted by molar-refractivity contribution is 0.0529. The number of benzene rings is 1. The molecule has 0 saturated heterocycles. The maximum Gasteiger partial charge on any atom is 0.341 e. The van der Waals surface area contributed by atoms with Crippen LogP contribution >= 0.6 is 22.7 Å². The summed E-state index contributed by atoms with van der Waals surface area (Å²) in [6.07, 6.45) is 3.06. The number of rotatable bonds is 5. The zero-order valence-electron chi connectivity index (χ0n) is 19.0. The maximum absolute atomic E-state index is 13.3. The molecule has 4 aromatic rings. The number of fused-ring (bicyclic) bond motifs is 2. The van der Waals surface area contributed by atoms with Crippen LogP contribution in [-0.4, -0.2) is 23.5 Å². The molecule has 0 spiro atoms. The summed E-state index contributed by atoms with van der Waals surface area (Å²) in [6, 6.07) is 11.7. The Morgan fingerprint density at radius 1 is 1.26 bits per heavy atom. The van der Waals surface area contributed by atoms with Gasteiger partial charge in [0.25, 0.3) is 5.91 Å². The number of nitrogens with two attached hydrogens (primary N) is 1. The van der Waals surface area contributed by atoms with Crippen molar-refractivity contribution in [3.8, 4) is 11.1 Å². The number of nitrogens with one attached hydrogen (secondary N) is 1. The topological polar surface area (TPSA) is 94.3 Å². The fourth-order valence-corrected chi connectivity index (χ4v) is 6.33. The van der Waals surface area contributed by atoms with Gasteiger partial charge in [-0.05, 0) is 49.3 Å². The van der Waals surface area contributed by atoms with Crippen molar-refractivity contribution in [1.82, 2.24) is 4.98 Å². The van der Waals surface area contributed by atoms with Crippen LogP contribution in [0.5, 0.6) is 0 Å². The van der Waals surface area contributed by atoms with Gasteiger partial charge in [0.05, 0.1) is 12.3 Å². The number of aryl methyl sites for hydroxylation is 1. The highest BCUT2D eigenvalue weighted by molar-refractivity contribution is 7.21. The zero-order valence-corrected chi connectivity index (χ0v) is 20.6. The molecule has 1 amide bonds. The third kappa shape index (κ3) is 4.08. The van der Waals surface area contributed by atoms with E-state index in [0.717, 1.165) is 46.3 Å². The van der Waals surface area contributed by atoms with E-state index in [0.29, 0.717) is 27.0 Å². The monoisotopic (exact) mass is 491 g/mol. The molecule has 1 aliphatic rings. The number of anilines is 2. The first-order valence-corrected chi connectivity index (χ1v) is 13.0. The SMILES string of the molecule is CCOC(=O)c1c(-c2ccccc2)csc1NC(=O)c1sc2nc3c(cc2c1N)CC(C)CC3. The fraction of sp³-hybridized carbons (Fsp3) is 0.269. The van der Waals surface area contributed by atoms with Gasteiger partial charge in [-0.25, -0.2) is 9.78 Å². The third-order valence-corrected chi connectivity index (χ3v) is 8.13. The number of hydrogen-bond acceptors (Lipinski definition) is 7. The van der Waals surface area contributed by atoms with Crippen molar-refractivity contribution >= 4 is 55.5 Å². The summed E-state index contributed by atoms with van der Waals surface area (Å²) in [4.78, 5) is 32.1. The number of thiophene rings is 2. The van der Waals surface area contributed by atoms with Gasteiger partial charge in [0.15, 0.2) is 0 Å². The van der Waals surface area contributed by atoms with Crippen molar-refractivity contribution in [2.45, 2.75) is 33.1 Å². The van der Waals surface area contributed by atoms with Crippen LogP contribution in [0.1, 0.15) is 51.6 Å². The van der Waals surface area contributed by atoms with Gasteiger partial charge in [0, 0.05) is 22.0 Å². The Morgan fingerprint density at radius 3 is 2.82 bits per heavy atom. The van der Waals surface area contributed by atoms with E-state index >= 15 is 0 Å². The number of nitrogen functional groups attached to an aromatic ring is 1. The molecule has 0 radical (unpaired) electrons. The Labute approximate surface area is 205 Å². The van der Waals surface area contributed by atoms with E-state index in [1.165, 1.54) is 28.2 Å². The van der Waals surface area contributed by atoms with E-state index in [1.807, 2.05) is 35.7 Å². The van der Waals surface area contributed by atoms with Crippen molar-refractivity contribution in [2.75, 3.05) is 17.7 Å². The number of esters is 1. The maximum atomic E-state index is 13.3. The van der Waals surface area contributed by atoms with Gasteiger partial charge in [-0.3, -0.25) is 4.79 Å². The molecule has 0 bridgehead atoms. The van der Waals surface area contributed by atoms with Crippen LogP contribution in [0, 0.1) is 5.92 Å². The molecule has 6 nitrogen and oxygen atoms in total. The lowest BCUT2D eigenvalue weighted by atomic mass is 9.87. The Balaban J connectivity index is 1.50. The molecular formula is C26H25N3O3S2. The molecule has 8 heteroatoms. The van der Waals surface area contributed by atoms with Crippen LogP contribution in [0.4, 0.5) is 10.7 Å². The standard InChI is InChI=1S/C26H25N3O3S2/c1-3-32-26(31)20-18(15-7-5-4-6-8-15)13-33-25(20)29-23(30)22-21(27)17-12-16-11-14(2)9-10-19(16)28-24(17)34-22/h4-8,12-14H,3,9-11,27H2,1-2H3,(H,29,30). The Hall–Kier alpha value is -3.23. The van der Waals surface area contributed by atoms with Crippen molar-refractivity contribution in [3.05, 3.63) is 63.5 Å². The summed E-state index contributed by atoms with van der Waals surface area (Å²) in [5.74, 6) is -0.196. The Kier molecular flexibility index (Phi) is 6.10. The molecule has 0 aliphatic heterocycles. The van der Waals surface area contributed by atoms with Crippen molar-refractivity contribution in [2.24, 2.45) is 5.92 Å². The third-order valence-electron chi connectivity index (χ3n) is 6.12. The normalized spacial score (nSPS) is 15.2. The quantitative estimate of drug-likeness (QED) is 0.326. The van der Waals surface area contributed by atoms with E-state index < -0.39 is 5.97 Å². The average Bonchev–Trinajstić information content (AvgIpc) is 3.39. The van der Waals surface area contributed by atoms with Gasteiger partial charge in [-0.2, -0.15) is 0 Å². The molecule has 1 aromatic carbocycles. The second-order valence-electron chi connectivity index (χ2n) is 8.53. The summed E-state index contributed by atoms with van der Waals surface area (Å²) < 4.78 is 5.30. The minimum atomic E-state index is -0.467. The molecule has 34 heavy (non-hydrogen) atoms. The van der Waals surface area contributed by atoms with Gasteiger partial charge in [-0.15, -0.1) is 22.7 Å². The van der Waals surface area contributed by atoms with E-state index in [9.17, 15) is 9.59 Å². The Morgan fingerprint density at radius 2 is 2.06 bits per heavy atom. The van der Waals surface area contributed by atoms with Gasteiger partial charge in [0.1, 0.15) is 20.3 Å². The first kappa shape index (κ1) is 22.6. The number of nitrogens with zero attached hydrogens (tertiary/aromatic N) is 1. The highest BCUT2D eigenvalue weighted by Crippen LogP contribution is 2.39. The molecule has 0 saturated carbocycles. The number of pyridine rings is 1. The van der Waals surface area contributed by atoms with Crippen molar-refractivity contribution in [3.63, 3.8) is 0 Å². The molecule has 3 aromatic heterocycles. The molecule has 3 heterocycles. The predicted octanol–water partition coefficient (Wildman–Crippen LogP) is 6.16. The molecule has 1 aliphatic carbocycles. The second kappa shape index (κ2) is 9.19. The molecule has 3 N–H and O–H groups in total. The molecule has 0 fully saturated rings. The van der Waals surface area contributed by atoms with Crippen LogP contribution in [0.25, 0.3) is 21.3 Å². The summed E-state index contributed by atoms with van der Waals surface area (Å²) in [7, 11) is 0. The van der Waals surface area contributed by atoms with E-state index in [2.05, 4.69) is 18.3 Å². The van der Waals surface area contributed by atoms with Crippen LogP contribution < -0.4 is 11.1 Å². The van der Waals surface area contributed by atoms with E-state index in [4.69, 9.17) is 15.5 Å². The summed E-state index contributed by atoms with van der Waals surface area (Å²) in [6.45, 7) is 4.25. The zero-order chi connectivity index (χ0) is 23.8. The summed E-state index contributed by atoms with van der Waals surface area (Å²) in [5.41, 5.74) is 11.2. The number of carbonyl (C=O) groups excluding carboxylic acids is 2. The van der Waals surface area contributed by atoms with Crippen molar-refractivity contribution < 1.29 is 14.3 Å². The molecule has 1 atom stereocenters. The number of aromatic nitrogens is 1. The average molecular weight is 492 g/mol. The lowest BCUT2D eigenvalue weighted by Gasteiger charge is -2.20. The summed E-state index contributed by atoms with van der Waals surface area (Å²) in [5, 5.41) is 6.05. The number of carbonyl (C=O) groups is 2. The van der Waals surface area contributed by atoms with Gasteiger partial charge < -0.3 is 15.8 Å². The minimum Gasteiger partial charge on any atom is -0.462 e. The molecule has 174 valence electrons. The fourth-order valence-electron chi connectivity index (χ4n) is 4.39. The van der Waals surface area contributed by atoms with Crippen LogP contribution in [0.3, 0.4) is 0 Å². The van der Waals surface area contributed by atoms with E-state index in [-0.39, 0.29) is 12.5 Å². The highest BCUT2D eigenvalue weighted by atomic mass is 32.1. The molecular weight excluding hydrogens is 466 g/mol. The van der Waals surface area contributed by atoms with Crippen LogP contribution in [0.15, 0.2) is 41.8 Å². The predicted molar refractivity (Wildman–Crippen MR) is 139 cm³/mol. The second-order valence-corrected chi connectivity index (χ2v) is 10.4. The van der Waals surface area contributed by atoms with Gasteiger partial charge in [-0.1, -0.05) is 37.3 Å². The lowest BCUT2D eigenvalue weighted by Crippen LogP contribution is -2.15. The highest BCUT2D eigenvalue weighted by Gasteiger charge is 2.26. The largest absolute Gasteiger partial charge is 0.462 e. The first-order valence-electron chi connectivity index (χ1n) is 11.3. The Bertz CT molecular complexity index is 1390. The molecule has 1 unspecified atom stereocenters. The van der Waals surface area contributed by atoms with E-state index in [1.54, 1.807) is 6.92 Å². The first-order chi connectivity index (χ1) is 16.5. The minimum absolute atomic E-state index is 0.245. The number of amides is 1. The smallest absolute Gasteiger partial charge is 0.341 e.